The second-order valence-corrected chi connectivity index (χ2v) is 6.86. The molecule has 2 rings (SSSR count). The maximum absolute atomic E-state index is 3.61. The van der Waals surface area contributed by atoms with E-state index in [2.05, 4.69) is 33.0 Å². The molecule has 1 heterocycles. The molecule has 0 aromatic carbocycles. The number of nitrogens with one attached hydrogen (secondary N) is 1. The summed E-state index contributed by atoms with van der Waals surface area (Å²) < 4.78 is 0. The fourth-order valence-corrected chi connectivity index (χ4v) is 4.25. The van der Waals surface area contributed by atoms with Gasteiger partial charge in [0.25, 0.3) is 0 Å². The minimum absolute atomic E-state index is 0.686. The van der Waals surface area contributed by atoms with E-state index >= 15 is 0 Å². The van der Waals surface area contributed by atoms with Crippen LogP contribution < -0.4 is 5.32 Å². The van der Waals surface area contributed by atoms with Gasteiger partial charge in [-0.3, -0.25) is 0 Å². The third kappa shape index (κ3) is 2.16. The van der Waals surface area contributed by atoms with Crippen molar-refractivity contribution in [2.75, 3.05) is 13.1 Å². The van der Waals surface area contributed by atoms with Gasteiger partial charge in [-0.25, -0.2) is 0 Å². The van der Waals surface area contributed by atoms with E-state index in [0.717, 1.165) is 23.7 Å². The lowest BCUT2D eigenvalue weighted by molar-refractivity contribution is -0.00566. The molecule has 1 saturated heterocycles. The Balaban J connectivity index is 2.14. The highest BCUT2D eigenvalue weighted by molar-refractivity contribution is 4.97. The molecule has 94 valence electrons. The number of hydrogen-bond acceptors (Lipinski definition) is 1. The van der Waals surface area contributed by atoms with Crippen molar-refractivity contribution in [1.29, 1.82) is 0 Å². The van der Waals surface area contributed by atoms with Crippen LogP contribution in [0.15, 0.2) is 0 Å². The van der Waals surface area contributed by atoms with Gasteiger partial charge in [-0.15, -0.1) is 0 Å². The Hall–Kier alpha value is -0.0400. The minimum atomic E-state index is 0.686. The average Bonchev–Trinajstić information content (AvgIpc) is 2.24. The molecule has 0 radical (unpaired) electrons. The van der Waals surface area contributed by atoms with Gasteiger partial charge < -0.3 is 5.32 Å². The summed E-state index contributed by atoms with van der Waals surface area (Å²) in [6.45, 7) is 12.3. The molecule has 2 aliphatic rings. The van der Waals surface area contributed by atoms with Gasteiger partial charge >= 0.3 is 0 Å². The molecular weight excluding hydrogens is 194 g/mol. The lowest BCUT2D eigenvalue weighted by atomic mass is 9.56. The van der Waals surface area contributed by atoms with Gasteiger partial charge in [0.2, 0.25) is 0 Å². The van der Waals surface area contributed by atoms with Crippen LogP contribution in [-0.2, 0) is 0 Å². The second kappa shape index (κ2) is 4.68. The fourth-order valence-electron chi connectivity index (χ4n) is 4.25. The Morgan fingerprint density at radius 1 is 1.12 bits per heavy atom. The van der Waals surface area contributed by atoms with Crippen molar-refractivity contribution in [2.45, 2.75) is 53.4 Å². The molecule has 0 aromatic heterocycles. The van der Waals surface area contributed by atoms with Crippen molar-refractivity contribution in [1.82, 2.24) is 5.32 Å². The summed E-state index contributed by atoms with van der Waals surface area (Å²) >= 11 is 0. The van der Waals surface area contributed by atoms with Crippen molar-refractivity contribution >= 4 is 0 Å². The highest BCUT2D eigenvalue weighted by Crippen LogP contribution is 2.52. The topological polar surface area (TPSA) is 12.0 Å². The summed E-state index contributed by atoms with van der Waals surface area (Å²) in [6, 6.07) is 0. The highest BCUT2D eigenvalue weighted by atomic mass is 14.9. The van der Waals surface area contributed by atoms with Crippen molar-refractivity contribution in [3.63, 3.8) is 0 Å². The van der Waals surface area contributed by atoms with Crippen LogP contribution in [0, 0.1) is 29.1 Å². The molecule has 1 aliphatic heterocycles. The normalized spacial score (nSPS) is 45.2. The van der Waals surface area contributed by atoms with Gasteiger partial charge in [0.1, 0.15) is 0 Å². The standard InChI is InChI=1S/C15H29N/c1-11(2)14-10-16-8-7-15(14)6-5-12(3)13(4)9-15/h11-14,16H,5-10H2,1-4H3. The zero-order valence-corrected chi connectivity index (χ0v) is 11.6. The average molecular weight is 223 g/mol. The Morgan fingerprint density at radius 2 is 1.88 bits per heavy atom. The number of hydrogen-bond donors (Lipinski definition) is 1. The SMILES string of the molecule is CC(C)C1CNCCC12CCC(C)C(C)C2. The summed E-state index contributed by atoms with van der Waals surface area (Å²) in [5.74, 6) is 3.64. The molecule has 4 unspecified atom stereocenters. The Morgan fingerprint density at radius 3 is 2.50 bits per heavy atom. The van der Waals surface area contributed by atoms with Crippen LogP contribution in [-0.4, -0.2) is 13.1 Å². The Bertz CT molecular complexity index is 236. The van der Waals surface area contributed by atoms with E-state index in [1.165, 1.54) is 38.8 Å². The molecule has 1 nitrogen and oxygen atoms in total. The van der Waals surface area contributed by atoms with Gasteiger partial charge in [0, 0.05) is 0 Å². The zero-order valence-electron chi connectivity index (χ0n) is 11.6. The molecule has 16 heavy (non-hydrogen) atoms. The van der Waals surface area contributed by atoms with Gasteiger partial charge in [0.05, 0.1) is 0 Å². The second-order valence-electron chi connectivity index (χ2n) is 6.86. The molecule has 2 fully saturated rings. The third-order valence-corrected chi connectivity index (χ3v) is 5.55. The quantitative estimate of drug-likeness (QED) is 0.715. The molecule has 0 amide bonds. The number of piperidine rings is 1. The van der Waals surface area contributed by atoms with Gasteiger partial charge in [-0.05, 0) is 67.9 Å². The maximum Gasteiger partial charge on any atom is -0.00127 e. The van der Waals surface area contributed by atoms with E-state index in [-0.39, 0.29) is 0 Å². The first-order valence-corrected chi connectivity index (χ1v) is 7.26. The molecule has 1 N–H and O–H groups in total. The van der Waals surface area contributed by atoms with Crippen LogP contribution >= 0.6 is 0 Å². The van der Waals surface area contributed by atoms with Crippen molar-refractivity contribution in [3.8, 4) is 0 Å². The molecular formula is C15H29N. The summed E-state index contributed by atoms with van der Waals surface area (Å²) in [4.78, 5) is 0. The van der Waals surface area contributed by atoms with Crippen LogP contribution in [0.5, 0.6) is 0 Å². The fraction of sp³-hybridized carbons (Fsp3) is 1.00. The lowest BCUT2D eigenvalue weighted by Gasteiger charge is -2.52. The maximum atomic E-state index is 3.61. The molecule has 1 aliphatic carbocycles. The zero-order chi connectivity index (χ0) is 11.8. The third-order valence-electron chi connectivity index (χ3n) is 5.55. The van der Waals surface area contributed by atoms with Crippen molar-refractivity contribution in [2.24, 2.45) is 29.1 Å². The van der Waals surface area contributed by atoms with Crippen LogP contribution in [0.3, 0.4) is 0 Å². The van der Waals surface area contributed by atoms with Crippen LogP contribution in [0.4, 0.5) is 0 Å². The first kappa shape index (κ1) is 12.4. The van der Waals surface area contributed by atoms with E-state index < -0.39 is 0 Å². The predicted octanol–water partition coefficient (Wildman–Crippen LogP) is 3.69. The Labute approximate surface area is 101 Å². The molecule has 0 bridgehead atoms. The minimum Gasteiger partial charge on any atom is -0.316 e. The van der Waals surface area contributed by atoms with E-state index in [1.807, 2.05) is 0 Å². The van der Waals surface area contributed by atoms with E-state index in [9.17, 15) is 0 Å². The summed E-state index contributed by atoms with van der Waals surface area (Å²) in [7, 11) is 0. The summed E-state index contributed by atoms with van der Waals surface area (Å²) in [6.07, 6.45) is 5.86. The lowest BCUT2D eigenvalue weighted by Crippen LogP contribution is -2.50. The number of rotatable bonds is 1. The molecule has 1 saturated carbocycles. The summed E-state index contributed by atoms with van der Waals surface area (Å²) in [5.41, 5.74) is 0.686. The van der Waals surface area contributed by atoms with Crippen molar-refractivity contribution in [3.05, 3.63) is 0 Å². The van der Waals surface area contributed by atoms with E-state index in [1.54, 1.807) is 0 Å². The molecule has 4 atom stereocenters. The predicted molar refractivity (Wildman–Crippen MR) is 70.4 cm³/mol. The molecule has 0 aromatic rings. The molecule has 1 heteroatoms. The Kier molecular flexibility index (Phi) is 3.63. The van der Waals surface area contributed by atoms with E-state index in [4.69, 9.17) is 0 Å². The van der Waals surface area contributed by atoms with Gasteiger partial charge in [-0.1, -0.05) is 27.7 Å². The highest BCUT2D eigenvalue weighted by Gasteiger charge is 2.45. The van der Waals surface area contributed by atoms with E-state index in [0.29, 0.717) is 5.41 Å². The van der Waals surface area contributed by atoms with Gasteiger partial charge in [-0.2, -0.15) is 0 Å². The van der Waals surface area contributed by atoms with Crippen molar-refractivity contribution < 1.29 is 0 Å². The van der Waals surface area contributed by atoms with Gasteiger partial charge in [0.15, 0.2) is 0 Å². The first-order valence-electron chi connectivity index (χ1n) is 7.26. The first-order chi connectivity index (χ1) is 7.55. The smallest absolute Gasteiger partial charge is 0.00127 e. The molecule has 1 spiro atoms. The van der Waals surface area contributed by atoms with Crippen LogP contribution in [0.2, 0.25) is 0 Å². The monoisotopic (exact) mass is 223 g/mol. The largest absolute Gasteiger partial charge is 0.316 e. The van der Waals surface area contributed by atoms with Crippen LogP contribution in [0.25, 0.3) is 0 Å². The van der Waals surface area contributed by atoms with Crippen LogP contribution in [0.1, 0.15) is 53.4 Å². The summed E-state index contributed by atoms with van der Waals surface area (Å²) in [5, 5.41) is 3.61.